The Morgan fingerprint density at radius 3 is 0.615 bits per heavy atom. The van der Waals surface area contributed by atoms with Gasteiger partial charge in [0.1, 0.15) is 17.2 Å². The van der Waals surface area contributed by atoms with Gasteiger partial charge in [0.15, 0.2) is 0 Å². The lowest BCUT2D eigenvalue weighted by atomic mass is 9.74. The topological polar surface area (TPSA) is 60.7 Å². The zero-order valence-corrected chi connectivity index (χ0v) is 56.7. The highest BCUT2D eigenvalue weighted by molar-refractivity contribution is 5.29. The average molecular weight is 1210 g/mol. The van der Waals surface area contributed by atoms with Crippen LogP contribution in [0.2, 0.25) is 0 Å². The van der Waals surface area contributed by atoms with Crippen molar-refractivity contribution in [2.75, 3.05) is 0 Å². The molecule has 3 heteroatoms. The van der Waals surface area contributed by atoms with Crippen molar-refractivity contribution in [1.29, 1.82) is 0 Å². The maximum atomic E-state index is 8.63. The Morgan fingerprint density at radius 1 is 0.242 bits per heavy atom. The van der Waals surface area contributed by atoms with Crippen LogP contribution in [0.4, 0.5) is 0 Å². The van der Waals surface area contributed by atoms with Crippen LogP contribution >= 0.6 is 0 Å². The summed E-state index contributed by atoms with van der Waals surface area (Å²) in [4.78, 5) is 0. The molecule has 0 aromatic heterocycles. The Morgan fingerprint density at radius 2 is 0.429 bits per heavy atom. The molecule has 0 spiro atoms. The van der Waals surface area contributed by atoms with Gasteiger partial charge in [-0.3, -0.25) is 0 Å². The maximum absolute atomic E-state index is 8.63. The van der Waals surface area contributed by atoms with E-state index in [-0.39, 0.29) is 5.41 Å². The fraction of sp³-hybridized carbons (Fsp3) is 0.250. The lowest BCUT2D eigenvalue weighted by molar-refractivity contribution is 0.409. The molecule has 1 atom stereocenters. The number of phenols is 3. The summed E-state index contributed by atoms with van der Waals surface area (Å²) in [5, 5.41) is 25.9. The predicted molar refractivity (Wildman–Crippen MR) is 395 cm³/mol. The second-order valence-corrected chi connectivity index (χ2v) is 24.4. The van der Waals surface area contributed by atoms with Crippen molar-refractivity contribution in [2.45, 2.75) is 143 Å². The molecule has 0 fully saturated rings. The summed E-state index contributed by atoms with van der Waals surface area (Å²) in [6.45, 7) is 26.8. The molecular weight excluding hydrogens is 1100 g/mol. The third-order valence-electron chi connectivity index (χ3n) is 14.8. The molecule has 11 aromatic carbocycles. The van der Waals surface area contributed by atoms with Crippen LogP contribution < -0.4 is 0 Å². The third-order valence-corrected chi connectivity index (χ3v) is 14.8. The van der Waals surface area contributed by atoms with Crippen LogP contribution in [0.1, 0.15) is 176 Å². The number of phenolic OH excluding ortho intramolecular Hbond substituents is 3. The number of rotatable bonds is 12. The maximum Gasteiger partial charge on any atom is 0.115 e. The Kier molecular flexibility index (Phi) is 38.4. The van der Waals surface area contributed by atoms with Gasteiger partial charge in [0, 0.05) is 0 Å². The Hall–Kier alpha value is -9.18. The molecule has 0 aliphatic rings. The standard InChI is InChI=1S/C25H28.5C9H12.3C6H6O/c1-25(2,24-16-10-5-11-17-24)20-23(22-14-8-4-9-15-22)19-18-21-12-6-3-7-13-21;5*1-8(2)9-6-4-3-5-7-9;3*7-6-4-2-1-3-5-6/h3-17,23H,18-20H2,1-2H3;5*3-8H,1-2H3;3*1-5,7H. The van der Waals surface area contributed by atoms with E-state index in [0.29, 0.717) is 52.8 Å². The molecule has 0 aliphatic heterocycles. The van der Waals surface area contributed by atoms with E-state index in [0.717, 1.165) is 12.8 Å². The van der Waals surface area contributed by atoms with E-state index in [4.69, 9.17) is 15.3 Å². The number of aryl methyl sites for hydroxylation is 1. The van der Waals surface area contributed by atoms with E-state index in [1.54, 1.807) is 72.8 Å². The average Bonchev–Trinajstić information content (AvgIpc) is 3.75. The fourth-order valence-corrected chi connectivity index (χ4v) is 9.19. The third kappa shape index (κ3) is 35.6. The Labute approximate surface area is 550 Å². The van der Waals surface area contributed by atoms with E-state index < -0.39 is 0 Å². The molecule has 476 valence electrons. The largest absolute Gasteiger partial charge is 0.508 e. The SMILES string of the molecule is CC(C)(CC(CCc1ccccc1)c1ccccc1)c1ccccc1.CC(C)c1ccccc1.CC(C)c1ccccc1.CC(C)c1ccccc1.CC(C)c1ccccc1.CC(C)c1ccccc1.Oc1ccccc1.Oc1ccccc1.Oc1ccccc1. The molecule has 91 heavy (non-hydrogen) atoms. The van der Waals surface area contributed by atoms with Crippen molar-refractivity contribution in [3.63, 3.8) is 0 Å². The van der Waals surface area contributed by atoms with Crippen LogP contribution in [0.5, 0.6) is 17.2 Å². The number of hydrogen-bond acceptors (Lipinski definition) is 3. The molecule has 0 aliphatic carbocycles. The minimum atomic E-state index is 0.165. The number of hydrogen-bond donors (Lipinski definition) is 3. The van der Waals surface area contributed by atoms with E-state index in [1.165, 1.54) is 50.9 Å². The van der Waals surface area contributed by atoms with Crippen molar-refractivity contribution >= 4 is 0 Å². The van der Waals surface area contributed by atoms with Crippen molar-refractivity contribution < 1.29 is 15.3 Å². The smallest absolute Gasteiger partial charge is 0.115 e. The lowest BCUT2D eigenvalue weighted by Crippen LogP contribution is -2.21. The van der Waals surface area contributed by atoms with Gasteiger partial charge >= 0.3 is 0 Å². The van der Waals surface area contributed by atoms with Crippen LogP contribution in [0.25, 0.3) is 0 Å². The minimum absolute atomic E-state index is 0.165. The van der Waals surface area contributed by atoms with Gasteiger partial charge in [-0.25, -0.2) is 0 Å². The van der Waals surface area contributed by atoms with E-state index in [2.05, 4.69) is 295 Å². The molecule has 0 amide bonds. The van der Waals surface area contributed by atoms with Crippen LogP contribution in [-0.4, -0.2) is 15.3 Å². The minimum Gasteiger partial charge on any atom is -0.508 e. The van der Waals surface area contributed by atoms with Crippen LogP contribution in [0.3, 0.4) is 0 Å². The normalized spacial score (nSPS) is 10.5. The van der Waals surface area contributed by atoms with Gasteiger partial charge in [-0.1, -0.05) is 380 Å². The Bertz CT molecular complexity index is 3020. The van der Waals surface area contributed by atoms with Gasteiger partial charge < -0.3 is 15.3 Å². The van der Waals surface area contributed by atoms with Crippen molar-refractivity contribution in [2.24, 2.45) is 0 Å². The van der Waals surface area contributed by atoms with Crippen LogP contribution in [-0.2, 0) is 11.8 Å². The van der Waals surface area contributed by atoms with Gasteiger partial charge in [0.25, 0.3) is 0 Å². The fourth-order valence-electron chi connectivity index (χ4n) is 9.19. The summed E-state index contributed by atoms with van der Waals surface area (Å²) >= 11 is 0. The summed E-state index contributed by atoms with van der Waals surface area (Å²) in [6.07, 6.45) is 3.48. The predicted octanol–water partition coefficient (Wildman–Crippen LogP) is 25.0. The summed E-state index contributed by atoms with van der Waals surface area (Å²) in [7, 11) is 0. The summed E-state index contributed by atoms with van der Waals surface area (Å²) < 4.78 is 0. The van der Waals surface area contributed by atoms with Gasteiger partial charge in [0.2, 0.25) is 0 Å². The lowest BCUT2D eigenvalue weighted by Gasteiger charge is -2.31. The monoisotopic (exact) mass is 1210 g/mol. The first kappa shape index (κ1) is 76.1. The van der Waals surface area contributed by atoms with Gasteiger partial charge in [-0.2, -0.15) is 0 Å². The number of benzene rings is 11. The van der Waals surface area contributed by atoms with Gasteiger partial charge in [-0.05, 0) is 141 Å². The highest BCUT2D eigenvalue weighted by Crippen LogP contribution is 2.37. The number of aromatic hydroxyl groups is 3. The number of para-hydroxylation sites is 3. The van der Waals surface area contributed by atoms with Crippen LogP contribution in [0.15, 0.2) is 334 Å². The first-order chi connectivity index (χ1) is 43.9. The van der Waals surface area contributed by atoms with Crippen molar-refractivity contribution in [1.82, 2.24) is 0 Å². The summed E-state index contributed by atoms with van der Waals surface area (Å²) in [5.74, 6) is 4.82. The molecule has 0 bridgehead atoms. The molecule has 1 unspecified atom stereocenters. The zero-order valence-electron chi connectivity index (χ0n) is 56.7. The van der Waals surface area contributed by atoms with Gasteiger partial charge in [-0.15, -0.1) is 0 Å². The first-order valence-electron chi connectivity index (χ1n) is 32.5. The van der Waals surface area contributed by atoms with Gasteiger partial charge in [0.05, 0.1) is 0 Å². The summed E-state index contributed by atoms with van der Waals surface area (Å²) in [5.41, 5.74) is 11.6. The molecule has 0 heterocycles. The second kappa shape index (κ2) is 46.0. The second-order valence-electron chi connectivity index (χ2n) is 24.4. The molecule has 0 saturated heterocycles. The van der Waals surface area contributed by atoms with E-state index in [9.17, 15) is 0 Å². The molecule has 0 saturated carbocycles. The Balaban J connectivity index is 0.000000281. The molecule has 11 aromatic rings. The first-order valence-corrected chi connectivity index (χ1v) is 32.5. The zero-order chi connectivity index (χ0) is 66.3. The summed E-state index contributed by atoms with van der Waals surface area (Å²) in [6, 6.07) is 112. The van der Waals surface area contributed by atoms with E-state index in [1.807, 2.05) is 48.5 Å². The van der Waals surface area contributed by atoms with Crippen molar-refractivity contribution in [3.8, 4) is 17.2 Å². The highest BCUT2D eigenvalue weighted by atomic mass is 16.3. The molecule has 3 N–H and O–H groups in total. The molecule has 11 rings (SSSR count). The highest BCUT2D eigenvalue weighted by Gasteiger charge is 2.26. The quantitative estimate of drug-likeness (QED) is 0.114. The molecule has 0 radical (unpaired) electrons. The molecule has 3 nitrogen and oxygen atoms in total. The molecular formula is C88H106O3. The van der Waals surface area contributed by atoms with Crippen LogP contribution in [0, 0.1) is 0 Å². The van der Waals surface area contributed by atoms with E-state index >= 15 is 0 Å². The van der Waals surface area contributed by atoms with Crippen molar-refractivity contribution in [3.05, 3.63) is 378 Å².